The van der Waals surface area contributed by atoms with Crippen LogP contribution in [0.1, 0.15) is 93.0 Å². The fourth-order valence-corrected chi connectivity index (χ4v) is 7.28. The van der Waals surface area contributed by atoms with E-state index in [1.54, 1.807) is 6.07 Å². The van der Waals surface area contributed by atoms with E-state index in [0.29, 0.717) is 37.7 Å². The van der Waals surface area contributed by atoms with Gasteiger partial charge in [0.25, 0.3) is 11.9 Å². The summed E-state index contributed by atoms with van der Waals surface area (Å²) >= 11 is 0. The van der Waals surface area contributed by atoms with E-state index in [-0.39, 0.29) is 16.9 Å². The standard InChI is InChI=1S/C25H30FNO3.C2H4O2/c26-21-10-22(30-14-25-11-15-6-16(12-25)8-17(7-15)13-25)19(18-3-4-18)9-20(21)24(29)27-5-1-2-23(27)28;1-2(3)4/h9-10,15-18H,1-8,11-14H2;1H3,(H,3,4). The Labute approximate surface area is 199 Å². The quantitative estimate of drug-likeness (QED) is 0.601. The predicted molar refractivity (Wildman–Crippen MR) is 123 cm³/mol. The number of hydrogen-bond acceptors (Lipinski definition) is 4. The molecule has 5 aliphatic carbocycles. The molecule has 0 aromatic heterocycles. The molecule has 1 aromatic rings. The van der Waals surface area contributed by atoms with Crippen molar-refractivity contribution in [2.24, 2.45) is 23.2 Å². The highest BCUT2D eigenvalue weighted by Crippen LogP contribution is 2.60. The SMILES string of the molecule is CC(=O)O.O=C1CCCN1C(=O)c1cc(C2CC2)c(OCC23CC4CC(CC(C4)C2)C3)cc1F. The molecule has 5 saturated carbocycles. The number of amides is 2. The van der Waals surface area contributed by atoms with Crippen molar-refractivity contribution in [3.63, 3.8) is 0 Å². The van der Waals surface area contributed by atoms with Crippen LogP contribution in [-0.4, -0.2) is 40.9 Å². The van der Waals surface area contributed by atoms with Gasteiger partial charge in [0.2, 0.25) is 5.91 Å². The van der Waals surface area contributed by atoms with Gasteiger partial charge in [-0.05, 0) is 93.1 Å². The van der Waals surface area contributed by atoms with Crippen LogP contribution in [0.3, 0.4) is 0 Å². The topological polar surface area (TPSA) is 83.9 Å². The summed E-state index contributed by atoms with van der Waals surface area (Å²) in [5, 5.41) is 7.42. The summed E-state index contributed by atoms with van der Waals surface area (Å²) in [6.07, 6.45) is 11.1. The molecule has 1 aromatic carbocycles. The molecule has 1 aliphatic heterocycles. The minimum absolute atomic E-state index is 0.0225. The zero-order valence-corrected chi connectivity index (χ0v) is 19.9. The zero-order chi connectivity index (χ0) is 24.0. The monoisotopic (exact) mass is 471 g/mol. The molecule has 2 amide bonds. The number of carboxylic acids is 1. The number of hydrogen-bond donors (Lipinski definition) is 1. The van der Waals surface area contributed by atoms with Gasteiger partial charge in [0, 0.05) is 31.4 Å². The fourth-order valence-electron chi connectivity index (χ4n) is 7.28. The lowest BCUT2D eigenvalue weighted by Crippen LogP contribution is -2.48. The normalized spacial score (nSPS) is 31.3. The van der Waals surface area contributed by atoms with Crippen molar-refractivity contribution in [3.8, 4) is 5.75 Å². The van der Waals surface area contributed by atoms with Gasteiger partial charge in [0.15, 0.2) is 0 Å². The number of imide groups is 1. The minimum Gasteiger partial charge on any atom is -0.493 e. The molecular weight excluding hydrogens is 437 g/mol. The Morgan fingerprint density at radius 1 is 1.12 bits per heavy atom. The minimum atomic E-state index is -0.833. The van der Waals surface area contributed by atoms with Crippen LogP contribution in [0, 0.1) is 29.0 Å². The first-order valence-electron chi connectivity index (χ1n) is 12.7. The third-order valence-electron chi connectivity index (χ3n) is 8.36. The summed E-state index contributed by atoms with van der Waals surface area (Å²) in [5.74, 6) is 1.45. The van der Waals surface area contributed by atoms with Gasteiger partial charge in [0.05, 0.1) is 12.2 Å². The van der Waals surface area contributed by atoms with Crippen molar-refractivity contribution in [2.75, 3.05) is 13.2 Å². The maximum Gasteiger partial charge on any atom is 0.300 e. The van der Waals surface area contributed by atoms with Crippen molar-refractivity contribution < 1.29 is 28.6 Å². The van der Waals surface area contributed by atoms with E-state index in [1.165, 1.54) is 49.5 Å². The smallest absolute Gasteiger partial charge is 0.300 e. The summed E-state index contributed by atoms with van der Waals surface area (Å²) in [4.78, 5) is 35.0. The average Bonchev–Trinajstić information content (AvgIpc) is 3.50. The Morgan fingerprint density at radius 2 is 1.71 bits per heavy atom. The lowest BCUT2D eigenvalue weighted by atomic mass is 9.50. The number of carbonyl (C=O) groups excluding carboxylic acids is 2. The first-order chi connectivity index (χ1) is 16.2. The average molecular weight is 472 g/mol. The molecule has 34 heavy (non-hydrogen) atoms. The molecule has 0 radical (unpaired) electrons. The van der Waals surface area contributed by atoms with Crippen LogP contribution in [0.15, 0.2) is 12.1 Å². The Balaban J connectivity index is 0.000000560. The summed E-state index contributed by atoms with van der Waals surface area (Å²) < 4.78 is 21.3. The second-order valence-electron chi connectivity index (χ2n) is 11.3. The third kappa shape index (κ3) is 4.71. The Hall–Kier alpha value is -2.44. The molecule has 1 saturated heterocycles. The van der Waals surface area contributed by atoms with Gasteiger partial charge in [-0.15, -0.1) is 0 Å². The van der Waals surface area contributed by atoms with Gasteiger partial charge < -0.3 is 9.84 Å². The van der Waals surface area contributed by atoms with Crippen LogP contribution in [0.2, 0.25) is 0 Å². The summed E-state index contributed by atoms with van der Waals surface area (Å²) in [7, 11) is 0. The van der Waals surface area contributed by atoms with Gasteiger partial charge in [-0.2, -0.15) is 0 Å². The maximum atomic E-state index is 15.0. The lowest BCUT2D eigenvalue weighted by Gasteiger charge is -2.56. The van der Waals surface area contributed by atoms with E-state index in [1.807, 2.05) is 0 Å². The molecule has 6 nitrogen and oxygen atoms in total. The van der Waals surface area contributed by atoms with Crippen LogP contribution in [-0.2, 0) is 9.59 Å². The highest BCUT2D eigenvalue weighted by Gasteiger charge is 2.51. The van der Waals surface area contributed by atoms with Crippen molar-refractivity contribution in [1.29, 1.82) is 0 Å². The van der Waals surface area contributed by atoms with Crippen LogP contribution >= 0.6 is 0 Å². The van der Waals surface area contributed by atoms with Crippen LogP contribution in [0.4, 0.5) is 4.39 Å². The molecule has 1 N–H and O–H groups in total. The Morgan fingerprint density at radius 3 is 2.21 bits per heavy atom. The van der Waals surface area contributed by atoms with E-state index >= 15 is 0 Å². The number of likely N-dealkylation sites (tertiary alicyclic amines) is 1. The van der Waals surface area contributed by atoms with Gasteiger partial charge in [0.1, 0.15) is 11.6 Å². The summed E-state index contributed by atoms with van der Waals surface area (Å²) in [6, 6.07) is 3.10. The van der Waals surface area contributed by atoms with Gasteiger partial charge in [-0.25, -0.2) is 4.39 Å². The second kappa shape index (κ2) is 8.97. The van der Waals surface area contributed by atoms with E-state index in [0.717, 1.165) is 43.1 Å². The highest BCUT2D eigenvalue weighted by molar-refractivity contribution is 6.05. The Bertz CT molecular complexity index is 962. The number of ether oxygens (including phenoxy) is 1. The van der Waals surface area contributed by atoms with Crippen LogP contribution in [0.25, 0.3) is 0 Å². The molecule has 184 valence electrons. The van der Waals surface area contributed by atoms with Crippen molar-refractivity contribution in [1.82, 2.24) is 4.90 Å². The molecule has 6 fully saturated rings. The summed E-state index contributed by atoms with van der Waals surface area (Å²) in [5.41, 5.74) is 1.24. The number of nitrogens with zero attached hydrogens (tertiary/aromatic N) is 1. The number of aliphatic carboxylic acids is 1. The van der Waals surface area contributed by atoms with Gasteiger partial charge >= 0.3 is 0 Å². The molecule has 7 rings (SSSR count). The molecular formula is C27H34FNO5. The second-order valence-corrected chi connectivity index (χ2v) is 11.3. The fraction of sp³-hybridized carbons (Fsp3) is 0.667. The molecule has 0 unspecified atom stereocenters. The molecule has 4 bridgehead atoms. The number of carbonyl (C=O) groups is 3. The summed E-state index contributed by atoms with van der Waals surface area (Å²) in [6.45, 7) is 2.15. The van der Waals surface area contributed by atoms with Crippen molar-refractivity contribution in [3.05, 3.63) is 29.1 Å². The third-order valence-corrected chi connectivity index (χ3v) is 8.36. The van der Waals surface area contributed by atoms with Crippen molar-refractivity contribution in [2.45, 2.75) is 77.0 Å². The van der Waals surface area contributed by atoms with E-state index in [2.05, 4.69) is 0 Å². The predicted octanol–water partition coefficient (Wildman–Crippen LogP) is 5.15. The number of carboxylic acid groups (broad SMARTS) is 1. The Kier molecular flexibility index (Phi) is 6.15. The number of benzene rings is 1. The molecule has 1 heterocycles. The van der Waals surface area contributed by atoms with Crippen LogP contribution in [0.5, 0.6) is 5.75 Å². The molecule has 7 heteroatoms. The molecule has 6 aliphatic rings. The maximum absolute atomic E-state index is 15.0. The largest absolute Gasteiger partial charge is 0.493 e. The van der Waals surface area contributed by atoms with Gasteiger partial charge in [-0.1, -0.05) is 0 Å². The molecule has 0 atom stereocenters. The van der Waals surface area contributed by atoms with E-state index in [4.69, 9.17) is 14.6 Å². The molecule has 0 spiro atoms. The van der Waals surface area contributed by atoms with E-state index in [9.17, 15) is 14.0 Å². The van der Waals surface area contributed by atoms with E-state index < -0.39 is 17.7 Å². The van der Waals surface area contributed by atoms with Gasteiger partial charge in [-0.3, -0.25) is 19.3 Å². The zero-order valence-electron chi connectivity index (χ0n) is 19.9. The number of rotatable bonds is 5. The first kappa shape index (κ1) is 23.3. The highest BCUT2D eigenvalue weighted by atomic mass is 19.1. The first-order valence-corrected chi connectivity index (χ1v) is 12.7. The van der Waals surface area contributed by atoms with Crippen LogP contribution < -0.4 is 4.74 Å². The lowest BCUT2D eigenvalue weighted by molar-refractivity contribution is -0.134. The number of halogens is 1. The van der Waals surface area contributed by atoms with Crippen molar-refractivity contribution >= 4 is 17.8 Å².